The Balaban J connectivity index is 1.96. The van der Waals surface area contributed by atoms with Crippen LogP contribution in [0.15, 0.2) is 17.5 Å². The number of piperidine rings is 1. The molecule has 0 atom stereocenters. The van der Waals surface area contributed by atoms with Crippen LogP contribution in [0.25, 0.3) is 0 Å². The van der Waals surface area contributed by atoms with E-state index >= 15 is 0 Å². The Morgan fingerprint density at radius 1 is 1.59 bits per heavy atom. The standard InChI is InChI=1S/C12H17NO3S/c1-2-16-11(14)13-7-5-12(15,6-8-13)10-4-3-9-17-10/h3-4,9,15H,2,5-8H2,1H3. The summed E-state index contributed by atoms with van der Waals surface area (Å²) in [5, 5.41) is 12.5. The maximum Gasteiger partial charge on any atom is 0.409 e. The molecule has 2 heterocycles. The number of rotatable bonds is 2. The smallest absolute Gasteiger partial charge is 0.409 e. The first-order valence-electron chi connectivity index (χ1n) is 5.84. The number of hydrogen-bond donors (Lipinski definition) is 1. The number of nitrogens with zero attached hydrogens (tertiary/aromatic N) is 1. The average molecular weight is 255 g/mol. The van der Waals surface area contributed by atoms with E-state index in [2.05, 4.69) is 0 Å². The van der Waals surface area contributed by atoms with Gasteiger partial charge >= 0.3 is 6.09 Å². The number of hydrogen-bond acceptors (Lipinski definition) is 4. The van der Waals surface area contributed by atoms with Gasteiger partial charge in [-0.15, -0.1) is 11.3 Å². The molecule has 1 aliphatic rings. The van der Waals surface area contributed by atoms with E-state index in [9.17, 15) is 9.90 Å². The lowest BCUT2D eigenvalue weighted by atomic mass is 9.90. The molecule has 1 amide bonds. The Bertz CT molecular complexity index is 369. The van der Waals surface area contributed by atoms with Crippen molar-refractivity contribution >= 4 is 17.4 Å². The Morgan fingerprint density at radius 2 is 2.29 bits per heavy atom. The Hall–Kier alpha value is -1.07. The molecule has 1 aliphatic heterocycles. The van der Waals surface area contributed by atoms with Gasteiger partial charge in [-0.2, -0.15) is 0 Å². The molecule has 1 N–H and O–H groups in total. The molecular formula is C12H17NO3S. The summed E-state index contributed by atoms with van der Waals surface area (Å²) in [5.41, 5.74) is -0.767. The maximum absolute atomic E-state index is 11.5. The third kappa shape index (κ3) is 2.61. The summed E-state index contributed by atoms with van der Waals surface area (Å²) in [5.74, 6) is 0. The third-order valence-electron chi connectivity index (χ3n) is 3.10. The van der Waals surface area contributed by atoms with Crippen LogP contribution in [0, 0.1) is 0 Å². The maximum atomic E-state index is 11.5. The van der Waals surface area contributed by atoms with Crippen molar-refractivity contribution < 1.29 is 14.6 Å². The lowest BCUT2D eigenvalue weighted by molar-refractivity contribution is -0.0216. The molecule has 17 heavy (non-hydrogen) atoms. The van der Waals surface area contributed by atoms with Gasteiger partial charge < -0.3 is 14.7 Å². The second-order valence-corrected chi connectivity index (χ2v) is 5.14. The fraction of sp³-hybridized carbons (Fsp3) is 0.583. The summed E-state index contributed by atoms with van der Waals surface area (Å²) < 4.78 is 4.95. The van der Waals surface area contributed by atoms with E-state index in [0.29, 0.717) is 32.5 Å². The molecule has 0 saturated carbocycles. The molecule has 1 saturated heterocycles. The van der Waals surface area contributed by atoms with E-state index in [4.69, 9.17) is 4.74 Å². The zero-order valence-electron chi connectivity index (χ0n) is 9.89. The van der Waals surface area contributed by atoms with Crippen molar-refractivity contribution in [1.82, 2.24) is 4.90 Å². The van der Waals surface area contributed by atoms with Crippen LogP contribution in [0.5, 0.6) is 0 Å². The van der Waals surface area contributed by atoms with Gasteiger partial charge in [0, 0.05) is 18.0 Å². The Morgan fingerprint density at radius 3 is 2.82 bits per heavy atom. The van der Waals surface area contributed by atoms with Crippen molar-refractivity contribution in [1.29, 1.82) is 0 Å². The van der Waals surface area contributed by atoms with E-state index < -0.39 is 5.60 Å². The molecule has 2 rings (SSSR count). The van der Waals surface area contributed by atoms with E-state index in [1.54, 1.807) is 23.2 Å². The van der Waals surface area contributed by atoms with Crippen LogP contribution < -0.4 is 0 Å². The summed E-state index contributed by atoms with van der Waals surface area (Å²) in [6.45, 7) is 3.29. The van der Waals surface area contributed by atoms with E-state index in [0.717, 1.165) is 4.88 Å². The molecule has 0 bridgehead atoms. The second kappa shape index (κ2) is 5.06. The first kappa shape index (κ1) is 12.4. The highest BCUT2D eigenvalue weighted by atomic mass is 32.1. The molecule has 1 aromatic rings. The van der Waals surface area contributed by atoms with Crippen molar-refractivity contribution in [3.8, 4) is 0 Å². The highest BCUT2D eigenvalue weighted by molar-refractivity contribution is 7.10. The zero-order valence-corrected chi connectivity index (χ0v) is 10.7. The third-order valence-corrected chi connectivity index (χ3v) is 4.16. The SMILES string of the molecule is CCOC(=O)N1CCC(O)(c2cccs2)CC1. The average Bonchev–Trinajstić information content (AvgIpc) is 2.84. The van der Waals surface area contributed by atoms with E-state index in [-0.39, 0.29) is 6.09 Å². The molecular weight excluding hydrogens is 238 g/mol. The van der Waals surface area contributed by atoms with Crippen LogP contribution in [0.4, 0.5) is 4.79 Å². The quantitative estimate of drug-likeness (QED) is 0.881. The number of likely N-dealkylation sites (tertiary alicyclic amines) is 1. The van der Waals surface area contributed by atoms with Gasteiger partial charge in [0.05, 0.1) is 6.61 Å². The highest BCUT2D eigenvalue weighted by Gasteiger charge is 2.36. The van der Waals surface area contributed by atoms with Crippen LogP contribution in [-0.4, -0.2) is 35.8 Å². The number of carbonyl (C=O) groups excluding carboxylic acids is 1. The van der Waals surface area contributed by atoms with Gasteiger partial charge in [-0.3, -0.25) is 0 Å². The first-order chi connectivity index (χ1) is 8.15. The molecule has 0 radical (unpaired) electrons. The van der Waals surface area contributed by atoms with Crippen molar-refractivity contribution in [2.45, 2.75) is 25.4 Å². The van der Waals surface area contributed by atoms with Gasteiger partial charge in [0.25, 0.3) is 0 Å². The summed E-state index contributed by atoms with van der Waals surface area (Å²) in [6, 6.07) is 3.89. The van der Waals surface area contributed by atoms with Crippen LogP contribution in [0.1, 0.15) is 24.6 Å². The minimum Gasteiger partial charge on any atom is -0.450 e. The summed E-state index contributed by atoms with van der Waals surface area (Å²) in [7, 11) is 0. The van der Waals surface area contributed by atoms with Crippen LogP contribution in [-0.2, 0) is 10.3 Å². The van der Waals surface area contributed by atoms with Gasteiger partial charge in [0.2, 0.25) is 0 Å². The highest BCUT2D eigenvalue weighted by Crippen LogP contribution is 2.35. The number of ether oxygens (including phenoxy) is 1. The number of thiophene rings is 1. The summed E-state index contributed by atoms with van der Waals surface area (Å²) in [4.78, 5) is 14.2. The number of amides is 1. The predicted octanol–water partition coefficient (Wildman–Crippen LogP) is 2.19. The zero-order chi connectivity index (χ0) is 12.3. The Kier molecular flexibility index (Phi) is 3.69. The van der Waals surface area contributed by atoms with Gasteiger partial charge in [-0.1, -0.05) is 6.07 Å². The molecule has 5 heteroatoms. The molecule has 0 aromatic carbocycles. The largest absolute Gasteiger partial charge is 0.450 e. The molecule has 0 spiro atoms. The molecule has 94 valence electrons. The van der Waals surface area contributed by atoms with Crippen molar-refractivity contribution in [2.24, 2.45) is 0 Å². The second-order valence-electron chi connectivity index (χ2n) is 4.19. The van der Waals surface area contributed by atoms with Gasteiger partial charge in [0.15, 0.2) is 0 Å². The van der Waals surface area contributed by atoms with Crippen LogP contribution in [0.3, 0.4) is 0 Å². The molecule has 0 aliphatic carbocycles. The molecule has 1 aromatic heterocycles. The van der Waals surface area contributed by atoms with Gasteiger partial charge in [-0.05, 0) is 31.2 Å². The van der Waals surface area contributed by atoms with Crippen LogP contribution >= 0.6 is 11.3 Å². The van der Waals surface area contributed by atoms with Gasteiger partial charge in [0.1, 0.15) is 5.60 Å². The molecule has 4 nitrogen and oxygen atoms in total. The first-order valence-corrected chi connectivity index (χ1v) is 6.72. The number of carbonyl (C=O) groups is 1. The van der Waals surface area contributed by atoms with Crippen molar-refractivity contribution in [3.63, 3.8) is 0 Å². The Labute approximate surface area is 105 Å². The van der Waals surface area contributed by atoms with E-state index in [1.807, 2.05) is 17.5 Å². The van der Waals surface area contributed by atoms with Crippen molar-refractivity contribution in [3.05, 3.63) is 22.4 Å². The predicted molar refractivity (Wildman–Crippen MR) is 66.0 cm³/mol. The van der Waals surface area contributed by atoms with Crippen LogP contribution in [0.2, 0.25) is 0 Å². The summed E-state index contributed by atoms with van der Waals surface area (Å²) >= 11 is 1.56. The van der Waals surface area contributed by atoms with Crippen molar-refractivity contribution in [2.75, 3.05) is 19.7 Å². The minimum absolute atomic E-state index is 0.277. The lowest BCUT2D eigenvalue weighted by Crippen LogP contribution is -2.45. The van der Waals surface area contributed by atoms with E-state index in [1.165, 1.54) is 0 Å². The van der Waals surface area contributed by atoms with Gasteiger partial charge in [-0.25, -0.2) is 4.79 Å². The fourth-order valence-electron chi connectivity index (χ4n) is 2.06. The molecule has 1 fully saturated rings. The fourth-order valence-corrected chi connectivity index (χ4v) is 2.95. The summed E-state index contributed by atoms with van der Waals surface area (Å²) in [6.07, 6.45) is 0.874. The molecule has 0 unspecified atom stereocenters. The normalized spacial score (nSPS) is 19.1. The number of aliphatic hydroxyl groups is 1. The topological polar surface area (TPSA) is 49.8 Å². The minimum atomic E-state index is -0.767. The lowest BCUT2D eigenvalue weighted by Gasteiger charge is -2.37. The monoisotopic (exact) mass is 255 g/mol.